The average Bonchev–Trinajstić information content (AvgIpc) is 3.01. The smallest absolute Gasteiger partial charge is 0.273 e. The van der Waals surface area contributed by atoms with E-state index in [9.17, 15) is 4.79 Å². The van der Waals surface area contributed by atoms with Crippen LogP contribution in [0.4, 0.5) is 0 Å². The molecule has 104 valence electrons. The highest BCUT2D eigenvalue weighted by Gasteiger charge is 2.27. The van der Waals surface area contributed by atoms with Crippen LogP contribution in [0.5, 0.6) is 0 Å². The topological polar surface area (TPSA) is 59.0 Å². The molecule has 20 heavy (non-hydrogen) atoms. The van der Waals surface area contributed by atoms with Gasteiger partial charge in [0.2, 0.25) is 0 Å². The van der Waals surface area contributed by atoms with E-state index in [1.54, 1.807) is 23.3 Å². The van der Waals surface area contributed by atoms with Crippen molar-refractivity contribution in [3.05, 3.63) is 39.3 Å². The highest BCUT2D eigenvalue weighted by atomic mass is 79.9. The first kappa shape index (κ1) is 13.6. The zero-order chi connectivity index (χ0) is 13.9. The summed E-state index contributed by atoms with van der Waals surface area (Å²) in [6, 6.07) is 0. The van der Waals surface area contributed by atoms with Crippen molar-refractivity contribution < 1.29 is 4.79 Å². The van der Waals surface area contributed by atoms with Crippen LogP contribution in [0.15, 0.2) is 27.8 Å². The van der Waals surface area contributed by atoms with Crippen molar-refractivity contribution >= 4 is 33.2 Å². The van der Waals surface area contributed by atoms with Crippen molar-refractivity contribution in [1.29, 1.82) is 0 Å². The lowest BCUT2D eigenvalue weighted by Gasteiger charge is -2.31. The number of thiazole rings is 1. The number of likely N-dealkylation sites (tertiary alicyclic amines) is 1. The van der Waals surface area contributed by atoms with Crippen molar-refractivity contribution in [3.63, 3.8) is 0 Å². The lowest BCUT2D eigenvalue weighted by molar-refractivity contribution is 0.0699. The molecule has 1 amide bonds. The van der Waals surface area contributed by atoms with Gasteiger partial charge in [0.05, 0.1) is 9.98 Å². The normalized spacial score (nSPS) is 19.1. The average molecular weight is 353 g/mol. The standard InChI is InChI=1S/C13H13BrN4OS/c14-10-4-15-12(16-5-10)9-2-1-3-18(6-9)13(19)11-7-20-8-17-11/h4-5,7-9H,1-3,6H2. The Kier molecular flexibility index (Phi) is 4.07. The number of piperidine rings is 1. The molecule has 0 spiro atoms. The Bertz CT molecular complexity index is 587. The lowest BCUT2D eigenvalue weighted by atomic mass is 9.97. The number of nitrogens with zero attached hydrogens (tertiary/aromatic N) is 4. The number of hydrogen-bond acceptors (Lipinski definition) is 5. The minimum Gasteiger partial charge on any atom is -0.337 e. The molecule has 3 rings (SSSR count). The van der Waals surface area contributed by atoms with E-state index in [2.05, 4.69) is 30.9 Å². The summed E-state index contributed by atoms with van der Waals surface area (Å²) in [5.41, 5.74) is 2.22. The molecule has 0 aromatic carbocycles. The van der Waals surface area contributed by atoms with E-state index < -0.39 is 0 Å². The third-order valence-corrected chi connectivity index (χ3v) is 4.36. The van der Waals surface area contributed by atoms with Crippen LogP contribution in [0.2, 0.25) is 0 Å². The third kappa shape index (κ3) is 2.88. The Morgan fingerprint density at radius 3 is 2.85 bits per heavy atom. The van der Waals surface area contributed by atoms with Gasteiger partial charge in [0.15, 0.2) is 0 Å². The molecular weight excluding hydrogens is 340 g/mol. The number of carbonyl (C=O) groups is 1. The third-order valence-electron chi connectivity index (χ3n) is 3.37. The first-order valence-electron chi connectivity index (χ1n) is 6.39. The van der Waals surface area contributed by atoms with E-state index in [1.165, 1.54) is 11.3 Å². The number of amides is 1. The zero-order valence-electron chi connectivity index (χ0n) is 10.7. The second-order valence-electron chi connectivity index (χ2n) is 4.72. The van der Waals surface area contributed by atoms with Crippen LogP contribution < -0.4 is 0 Å². The minimum atomic E-state index is 0.00746. The molecule has 5 nitrogen and oxygen atoms in total. The van der Waals surface area contributed by atoms with E-state index >= 15 is 0 Å². The van der Waals surface area contributed by atoms with Crippen LogP contribution in [-0.2, 0) is 0 Å². The molecule has 1 fully saturated rings. The molecule has 0 N–H and O–H groups in total. The van der Waals surface area contributed by atoms with Crippen LogP contribution in [0.3, 0.4) is 0 Å². The maximum absolute atomic E-state index is 12.3. The summed E-state index contributed by atoms with van der Waals surface area (Å²) in [5, 5.41) is 1.79. The fraction of sp³-hybridized carbons (Fsp3) is 0.385. The van der Waals surface area contributed by atoms with Crippen LogP contribution in [-0.4, -0.2) is 38.8 Å². The Hall–Kier alpha value is -1.34. The molecule has 2 aromatic rings. The van der Waals surface area contributed by atoms with Crippen LogP contribution in [0.1, 0.15) is 35.1 Å². The maximum Gasteiger partial charge on any atom is 0.273 e. The van der Waals surface area contributed by atoms with Gasteiger partial charge in [-0.3, -0.25) is 4.79 Å². The van der Waals surface area contributed by atoms with E-state index in [4.69, 9.17) is 0 Å². The molecule has 3 heterocycles. The van der Waals surface area contributed by atoms with Crippen molar-refractivity contribution in [2.75, 3.05) is 13.1 Å². The lowest BCUT2D eigenvalue weighted by Crippen LogP contribution is -2.39. The first-order chi connectivity index (χ1) is 9.74. The van der Waals surface area contributed by atoms with Gasteiger partial charge in [-0.15, -0.1) is 11.3 Å². The van der Waals surface area contributed by atoms with E-state index in [-0.39, 0.29) is 11.8 Å². The zero-order valence-corrected chi connectivity index (χ0v) is 13.1. The van der Waals surface area contributed by atoms with Gasteiger partial charge in [-0.1, -0.05) is 0 Å². The number of aromatic nitrogens is 3. The largest absolute Gasteiger partial charge is 0.337 e. The molecule has 1 unspecified atom stereocenters. The van der Waals surface area contributed by atoms with Crippen molar-refractivity contribution in [2.45, 2.75) is 18.8 Å². The van der Waals surface area contributed by atoms with Crippen LogP contribution in [0, 0.1) is 0 Å². The molecule has 2 aromatic heterocycles. The summed E-state index contributed by atoms with van der Waals surface area (Å²) in [7, 11) is 0. The monoisotopic (exact) mass is 352 g/mol. The SMILES string of the molecule is O=C(c1cscn1)N1CCCC(c2ncc(Br)cn2)C1. The second-order valence-corrected chi connectivity index (χ2v) is 6.36. The summed E-state index contributed by atoms with van der Waals surface area (Å²) in [4.78, 5) is 27.0. The van der Waals surface area contributed by atoms with Gasteiger partial charge in [0, 0.05) is 36.8 Å². The van der Waals surface area contributed by atoms with Gasteiger partial charge in [0.25, 0.3) is 5.91 Å². The fourth-order valence-corrected chi connectivity index (χ4v) is 3.12. The van der Waals surface area contributed by atoms with E-state index in [1.807, 2.05) is 4.90 Å². The van der Waals surface area contributed by atoms with Crippen molar-refractivity contribution in [1.82, 2.24) is 19.9 Å². The van der Waals surface area contributed by atoms with Crippen LogP contribution >= 0.6 is 27.3 Å². The first-order valence-corrected chi connectivity index (χ1v) is 8.12. The summed E-state index contributed by atoms with van der Waals surface area (Å²) < 4.78 is 0.868. The Morgan fingerprint density at radius 2 is 2.15 bits per heavy atom. The van der Waals surface area contributed by atoms with Crippen LogP contribution in [0.25, 0.3) is 0 Å². The highest BCUT2D eigenvalue weighted by molar-refractivity contribution is 9.10. The predicted octanol–water partition coefficient (Wildman–Crippen LogP) is 2.72. The van der Waals surface area contributed by atoms with Gasteiger partial charge < -0.3 is 4.90 Å². The van der Waals surface area contributed by atoms with Crippen molar-refractivity contribution in [2.24, 2.45) is 0 Å². The Balaban J connectivity index is 1.73. The van der Waals surface area contributed by atoms with E-state index in [0.717, 1.165) is 29.7 Å². The van der Waals surface area contributed by atoms with Crippen molar-refractivity contribution in [3.8, 4) is 0 Å². The fourth-order valence-electron chi connectivity index (χ4n) is 2.39. The van der Waals surface area contributed by atoms with Gasteiger partial charge >= 0.3 is 0 Å². The van der Waals surface area contributed by atoms with E-state index in [0.29, 0.717) is 12.2 Å². The maximum atomic E-state index is 12.3. The summed E-state index contributed by atoms with van der Waals surface area (Å²) in [6.07, 6.45) is 5.50. The molecule has 0 saturated carbocycles. The van der Waals surface area contributed by atoms with Gasteiger partial charge in [-0.2, -0.15) is 0 Å². The molecule has 1 aliphatic heterocycles. The molecule has 1 saturated heterocycles. The number of rotatable bonds is 2. The quantitative estimate of drug-likeness (QED) is 0.833. The summed E-state index contributed by atoms with van der Waals surface area (Å²) in [5.74, 6) is 1.02. The van der Waals surface area contributed by atoms with Gasteiger partial charge in [0.1, 0.15) is 11.5 Å². The van der Waals surface area contributed by atoms with Gasteiger partial charge in [-0.05, 0) is 28.8 Å². The Morgan fingerprint density at radius 1 is 1.35 bits per heavy atom. The second kappa shape index (κ2) is 5.97. The number of carbonyl (C=O) groups excluding carboxylic acids is 1. The van der Waals surface area contributed by atoms with Gasteiger partial charge in [-0.25, -0.2) is 15.0 Å². The summed E-state index contributed by atoms with van der Waals surface area (Å²) in [6.45, 7) is 1.45. The Labute approximate surface area is 129 Å². The predicted molar refractivity (Wildman–Crippen MR) is 79.7 cm³/mol. The molecule has 0 bridgehead atoms. The molecule has 0 radical (unpaired) electrons. The minimum absolute atomic E-state index is 0.00746. The highest BCUT2D eigenvalue weighted by Crippen LogP contribution is 2.25. The molecule has 1 atom stereocenters. The number of hydrogen-bond donors (Lipinski definition) is 0. The molecule has 7 heteroatoms. The molecule has 0 aliphatic carbocycles. The number of halogens is 1. The summed E-state index contributed by atoms with van der Waals surface area (Å²) >= 11 is 4.78. The molecule has 1 aliphatic rings. The molecular formula is C13H13BrN4OS.